The summed E-state index contributed by atoms with van der Waals surface area (Å²) >= 11 is 5.98. The van der Waals surface area contributed by atoms with Crippen LogP contribution >= 0.6 is 11.6 Å². The van der Waals surface area contributed by atoms with Crippen molar-refractivity contribution < 1.29 is 9.90 Å². The second-order valence-electron chi connectivity index (χ2n) is 5.61. The Hall–Kier alpha value is -1.80. The van der Waals surface area contributed by atoms with Gasteiger partial charge < -0.3 is 5.11 Å². The van der Waals surface area contributed by atoms with Crippen molar-refractivity contribution in [3.63, 3.8) is 0 Å². The molecule has 1 unspecified atom stereocenters. The van der Waals surface area contributed by atoms with Gasteiger partial charge in [-0.15, -0.1) is 0 Å². The van der Waals surface area contributed by atoms with Gasteiger partial charge in [0.15, 0.2) is 0 Å². The molecule has 1 N–H and O–H groups in total. The second kappa shape index (κ2) is 5.90. The van der Waals surface area contributed by atoms with Crippen molar-refractivity contribution in [1.82, 2.24) is 0 Å². The minimum Gasteiger partial charge on any atom is -0.481 e. The molecule has 3 rings (SSSR count). The van der Waals surface area contributed by atoms with Crippen LogP contribution in [0, 0.1) is 0 Å². The van der Waals surface area contributed by atoms with Crippen molar-refractivity contribution in [2.75, 3.05) is 0 Å². The lowest BCUT2D eigenvalue weighted by Gasteiger charge is -2.14. The number of hydrogen-bond acceptors (Lipinski definition) is 1. The summed E-state index contributed by atoms with van der Waals surface area (Å²) in [7, 11) is 0. The lowest BCUT2D eigenvalue weighted by Crippen LogP contribution is -2.14. The number of aryl methyl sites for hydroxylation is 2. The first-order chi connectivity index (χ1) is 10.1. The molecule has 108 valence electrons. The van der Waals surface area contributed by atoms with Gasteiger partial charge in [-0.1, -0.05) is 41.9 Å². The number of halogens is 1. The lowest BCUT2D eigenvalue weighted by molar-refractivity contribution is -0.138. The van der Waals surface area contributed by atoms with Gasteiger partial charge in [0.2, 0.25) is 0 Å². The maximum absolute atomic E-state index is 11.6. The molecule has 21 heavy (non-hydrogen) atoms. The number of benzene rings is 2. The zero-order valence-electron chi connectivity index (χ0n) is 11.7. The number of carboxylic acid groups (broad SMARTS) is 1. The van der Waals surface area contributed by atoms with Gasteiger partial charge in [-0.05, 0) is 60.1 Å². The number of rotatable bonds is 4. The lowest BCUT2D eigenvalue weighted by atomic mass is 9.91. The highest BCUT2D eigenvalue weighted by Crippen LogP contribution is 2.27. The predicted octanol–water partition coefficient (Wildman–Crippen LogP) is 4.24. The molecule has 0 fully saturated rings. The molecule has 0 saturated carbocycles. The van der Waals surface area contributed by atoms with Gasteiger partial charge in [-0.2, -0.15) is 0 Å². The fourth-order valence-electron chi connectivity index (χ4n) is 3.06. The first-order valence-corrected chi connectivity index (χ1v) is 7.60. The van der Waals surface area contributed by atoms with Crippen molar-refractivity contribution in [2.24, 2.45) is 0 Å². The molecular formula is C18H17ClO2. The molecule has 3 heteroatoms. The van der Waals surface area contributed by atoms with E-state index in [0.717, 1.165) is 24.0 Å². The van der Waals surface area contributed by atoms with E-state index in [1.165, 1.54) is 17.5 Å². The molecule has 2 nitrogen and oxygen atoms in total. The zero-order chi connectivity index (χ0) is 14.8. The summed E-state index contributed by atoms with van der Waals surface area (Å²) in [5, 5.41) is 10.1. The maximum Gasteiger partial charge on any atom is 0.311 e. The van der Waals surface area contributed by atoms with Gasteiger partial charge >= 0.3 is 5.97 Å². The number of carboxylic acids is 1. The molecule has 2 aromatic carbocycles. The number of carbonyl (C=O) groups is 1. The summed E-state index contributed by atoms with van der Waals surface area (Å²) in [6.07, 6.45) is 3.96. The first-order valence-electron chi connectivity index (χ1n) is 7.22. The van der Waals surface area contributed by atoms with Gasteiger partial charge in [0.25, 0.3) is 0 Å². The summed E-state index contributed by atoms with van der Waals surface area (Å²) in [5.74, 6) is -1.36. The van der Waals surface area contributed by atoms with Crippen molar-refractivity contribution in [3.8, 4) is 0 Å². The Morgan fingerprint density at radius 3 is 2.71 bits per heavy atom. The quantitative estimate of drug-likeness (QED) is 0.917. The number of hydrogen-bond donors (Lipinski definition) is 1. The standard InChI is InChI=1S/C18H17ClO2/c19-16-6-2-5-15(11-16)17(18(20)21)10-12-7-8-13-3-1-4-14(13)9-12/h2,5-9,11,17H,1,3-4,10H2,(H,20,21). The molecule has 1 aliphatic rings. The molecule has 0 bridgehead atoms. The van der Waals surface area contributed by atoms with E-state index < -0.39 is 11.9 Å². The Labute approximate surface area is 129 Å². The Kier molecular flexibility index (Phi) is 3.98. The molecule has 0 saturated heterocycles. The molecule has 0 radical (unpaired) electrons. The van der Waals surface area contributed by atoms with E-state index >= 15 is 0 Å². The normalized spacial score (nSPS) is 14.7. The highest BCUT2D eigenvalue weighted by atomic mass is 35.5. The van der Waals surface area contributed by atoms with Crippen LogP contribution in [0.2, 0.25) is 5.02 Å². The minimum atomic E-state index is -0.808. The van der Waals surface area contributed by atoms with Gasteiger partial charge in [-0.3, -0.25) is 4.79 Å². The van der Waals surface area contributed by atoms with Gasteiger partial charge in [0.05, 0.1) is 5.92 Å². The Morgan fingerprint density at radius 1 is 1.14 bits per heavy atom. The highest BCUT2D eigenvalue weighted by Gasteiger charge is 2.21. The van der Waals surface area contributed by atoms with Gasteiger partial charge in [0, 0.05) is 5.02 Å². The maximum atomic E-state index is 11.6. The van der Waals surface area contributed by atoms with Crippen LogP contribution in [-0.2, 0) is 24.1 Å². The molecule has 1 aliphatic carbocycles. The van der Waals surface area contributed by atoms with E-state index in [-0.39, 0.29) is 0 Å². The summed E-state index contributed by atoms with van der Waals surface area (Å²) < 4.78 is 0. The summed E-state index contributed by atoms with van der Waals surface area (Å²) in [5.41, 5.74) is 4.63. The molecule has 0 spiro atoms. The molecule has 1 atom stereocenters. The Bertz CT molecular complexity index is 679. The van der Waals surface area contributed by atoms with Crippen LogP contribution in [0.1, 0.15) is 34.6 Å². The summed E-state index contributed by atoms with van der Waals surface area (Å²) in [6.45, 7) is 0. The number of aliphatic carboxylic acids is 1. The van der Waals surface area contributed by atoms with Crippen LogP contribution in [-0.4, -0.2) is 11.1 Å². The van der Waals surface area contributed by atoms with Crippen LogP contribution in [0.3, 0.4) is 0 Å². The van der Waals surface area contributed by atoms with E-state index in [1.54, 1.807) is 18.2 Å². The zero-order valence-corrected chi connectivity index (χ0v) is 12.4. The summed E-state index contributed by atoms with van der Waals surface area (Å²) in [4.78, 5) is 11.6. The fourth-order valence-corrected chi connectivity index (χ4v) is 3.26. The molecule has 0 aliphatic heterocycles. The van der Waals surface area contributed by atoms with Crippen molar-refractivity contribution >= 4 is 17.6 Å². The van der Waals surface area contributed by atoms with Crippen LogP contribution in [0.15, 0.2) is 42.5 Å². The van der Waals surface area contributed by atoms with Crippen molar-refractivity contribution in [2.45, 2.75) is 31.6 Å². The third-order valence-electron chi connectivity index (χ3n) is 4.15. The highest BCUT2D eigenvalue weighted by molar-refractivity contribution is 6.30. The van der Waals surface area contributed by atoms with E-state index in [4.69, 9.17) is 11.6 Å². The smallest absolute Gasteiger partial charge is 0.311 e. The molecular weight excluding hydrogens is 284 g/mol. The third-order valence-corrected chi connectivity index (χ3v) is 4.39. The molecule has 0 amide bonds. The van der Waals surface area contributed by atoms with E-state index in [2.05, 4.69) is 18.2 Å². The Balaban J connectivity index is 1.87. The van der Waals surface area contributed by atoms with Crippen LogP contribution in [0.5, 0.6) is 0 Å². The molecule has 2 aromatic rings. The average Bonchev–Trinajstić information content (AvgIpc) is 2.92. The average molecular weight is 301 g/mol. The Morgan fingerprint density at radius 2 is 1.95 bits per heavy atom. The second-order valence-corrected chi connectivity index (χ2v) is 6.04. The topological polar surface area (TPSA) is 37.3 Å². The number of fused-ring (bicyclic) bond motifs is 1. The van der Waals surface area contributed by atoms with Crippen LogP contribution < -0.4 is 0 Å². The van der Waals surface area contributed by atoms with Crippen LogP contribution in [0.4, 0.5) is 0 Å². The van der Waals surface area contributed by atoms with Crippen molar-refractivity contribution in [3.05, 3.63) is 69.7 Å². The van der Waals surface area contributed by atoms with E-state index in [0.29, 0.717) is 11.4 Å². The van der Waals surface area contributed by atoms with Gasteiger partial charge in [-0.25, -0.2) is 0 Å². The minimum absolute atomic E-state index is 0.503. The van der Waals surface area contributed by atoms with Crippen LogP contribution in [0.25, 0.3) is 0 Å². The molecule has 0 heterocycles. The monoisotopic (exact) mass is 300 g/mol. The first kappa shape index (κ1) is 14.2. The van der Waals surface area contributed by atoms with E-state index in [9.17, 15) is 9.90 Å². The SMILES string of the molecule is O=C(O)C(Cc1ccc2c(c1)CCC2)c1cccc(Cl)c1. The largest absolute Gasteiger partial charge is 0.481 e. The summed E-state index contributed by atoms with van der Waals surface area (Å²) in [6, 6.07) is 13.5. The van der Waals surface area contributed by atoms with Crippen molar-refractivity contribution in [1.29, 1.82) is 0 Å². The fraction of sp³-hybridized carbons (Fsp3) is 0.278. The molecule has 0 aromatic heterocycles. The third kappa shape index (κ3) is 3.11. The van der Waals surface area contributed by atoms with E-state index in [1.807, 2.05) is 6.07 Å². The van der Waals surface area contributed by atoms with Gasteiger partial charge in [0.1, 0.15) is 0 Å². The predicted molar refractivity (Wildman–Crippen MR) is 84.0 cm³/mol.